The van der Waals surface area contributed by atoms with Gasteiger partial charge in [-0.1, -0.05) is 0 Å². The van der Waals surface area contributed by atoms with Crippen LogP contribution in [0.4, 0.5) is 0 Å². The Kier molecular flexibility index (Phi) is 26.2. The molecule has 0 fully saturated rings. The number of aliphatic hydroxyl groups excluding tert-OH is 2. The molecule has 0 aliphatic heterocycles. The zero-order valence-corrected chi connectivity index (χ0v) is 18.2. The fourth-order valence-corrected chi connectivity index (χ4v) is 1.86. The lowest BCUT2D eigenvalue weighted by Crippen LogP contribution is -2.19. The summed E-state index contributed by atoms with van der Waals surface area (Å²) in [5.74, 6) is 0. The van der Waals surface area contributed by atoms with Gasteiger partial charge in [-0.05, 0) is 0 Å². The van der Waals surface area contributed by atoms with E-state index in [1.165, 1.54) is 7.11 Å². The molecule has 0 aromatic rings. The van der Waals surface area contributed by atoms with E-state index >= 15 is 0 Å². The van der Waals surface area contributed by atoms with Gasteiger partial charge in [-0.3, -0.25) is 0 Å². The summed E-state index contributed by atoms with van der Waals surface area (Å²) in [4.78, 5) is 0. The molecule has 0 rings (SSSR count). The van der Waals surface area contributed by atoms with Crippen molar-refractivity contribution in [3.63, 3.8) is 0 Å². The van der Waals surface area contributed by atoms with Gasteiger partial charge < -0.3 is 52.8 Å². The maximum Gasteiger partial charge on any atom is 0.177 e. The lowest BCUT2D eigenvalue weighted by Gasteiger charge is -2.10. The predicted molar refractivity (Wildman–Crippen MR) is 107 cm³/mol. The summed E-state index contributed by atoms with van der Waals surface area (Å²) in [6.07, 6.45) is -0.896. The number of methoxy groups -OCH3 is 1. The van der Waals surface area contributed by atoms with Crippen LogP contribution in [-0.2, 0) is 42.6 Å². The molecule has 0 aromatic carbocycles. The van der Waals surface area contributed by atoms with Gasteiger partial charge in [0.15, 0.2) is 6.29 Å². The van der Waals surface area contributed by atoms with Crippen LogP contribution in [0.3, 0.4) is 0 Å². The van der Waals surface area contributed by atoms with Crippen molar-refractivity contribution in [2.75, 3.05) is 119 Å². The molecule has 1 atom stereocenters. The van der Waals surface area contributed by atoms with Crippen molar-refractivity contribution in [2.24, 2.45) is 0 Å². The zero-order chi connectivity index (χ0) is 22.0. The molecule has 0 bridgehead atoms. The Bertz CT molecular complexity index is 310. The Morgan fingerprint density at radius 3 is 1.00 bits per heavy atom. The lowest BCUT2D eigenvalue weighted by molar-refractivity contribution is -0.123. The molecule has 0 amide bonds. The molecule has 2 N–H and O–H groups in total. The normalized spacial score (nSPS) is 12.5. The number of rotatable bonds is 26. The van der Waals surface area contributed by atoms with E-state index in [0.29, 0.717) is 99.1 Å². The number of hydrogen-bond acceptors (Lipinski definition) is 11. The minimum absolute atomic E-state index is 0.0263. The minimum atomic E-state index is -0.896. The second kappa shape index (κ2) is 26.6. The standard InChI is InChI=1S/C19H40O11/c1-22-19(21)18-30-17-16-29-15-14-28-13-12-27-11-10-26-9-8-25-7-6-24-5-4-23-3-2-20/h19-21H,2-18H2,1H3. The molecule has 30 heavy (non-hydrogen) atoms. The van der Waals surface area contributed by atoms with E-state index < -0.39 is 6.29 Å². The van der Waals surface area contributed by atoms with Crippen LogP contribution in [0.5, 0.6) is 0 Å². The average Bonchev–Trinajstić information content (AvgIpc) is 2.76. The molecule has 11 nitrogen and oxygen atoms in total. The molecule has 0 saturated heterocycles. The molecule has 11 heteroatoms. The van der Waals surface area contributed by atoms with Gasteiger partial charge in [0.2, 0.25) is 0 Å². The van der Waals surface area contributed by atoms with E-state index in [-0.39, 0.29) is 13.2 Å². The summed E-state index contributed by atoms with van der Waals surface area (Å²) in [5.41, 5.74) is 0. The SMILES string of the molecule is COC(O)COCCOCCOCCOCCOCCOCCOCCOCCO. The van der Waals surface area contributed by atoms with E-state index in [4.69, 9.17) is 48.1 Å². The molecule has 0 saturated carbocycles. The van der Waals surface area contributed by atoms with Gasteiger partial charge in [0, 0.05) is 7.11 Å². The van der Waals surface area contributed by atoms with Gasteiger partial charge in [-0.25, -0.2) is 0 Å². The van der Waals surface area contributed by atoms with Crippen LogP contribution < -0.4 is 0 Å². The van der Waals surface area contributed by atoms with Gasteiger partial charge in [0.25, 0.3) is 0 Å². The van der Waals surface area contributed by atoms with Crippen LogP contribution in [-0.4, -0.2) is 136 Å². The van der Waals surface area contributed by atoms with Crippen molar-refractivity contribution in [3.05, 3.63) is 0 Å². The summed E-state index contributed by atoms with van der Waals surface area (Å²) < 4.78 is 46.9. The summed E-state index contributed by atoms with van der Waals surface area (Å²) in [7, 11) is 1.41. The molecule has 0 heterocycles. The van der Waals surface area contributed by atoms with Crippen molar-refractivity contribution < 1.29 is 52.8 Å². The largest absolute Gasteiger partial charge is 0.394 e. The Hall–Kier alpha value is -0.440. The Balaban J connectivity index is 3.00. The highest BCUT2D eigenvalue weighted by molar-refractivity contribution is 4.38. The highest BCUT2D eigenvalue weighted by Crippen LogP contribution is 1.87. The molecule has 0 aromatic heterocycles. The average molecular weight is 445 g/mol. The first kappa shape index (κ1) is 29.6. The molecule has 0 radical (unpaired) electrons. The van der Waals surface area contributed by atoms with Crippen LogP contribution >= 0.6 is 0 Å². The summed E-state index contributed by atoms with van der Waals surface area (Å²) in [6.45, 7) is 7.25. The maximum atomic E-state index is 9.09. The highest BCUT2D eigenvalue weighted by atomic mass is 16.6. The van der Waals surface area contributed by atoms with Crippen LogP contribution in [0.2, 0.25) is 0 Å². The number of ether oxygens (including phenoxy) is 9. The van der Waals surface area contributed by atoms with Gasteiger partial charge in [-0.15, -0.1) is 0 Å². The molecule has 182 valence electrons. The Morgan fingerprint density at radius 1 is 0.467 bits per heavy atom. The summed E-state index contributed by atoms with van der Waals surface area (Å²) in [5, 5.41) is 17.6. The van der Waals surface area contributed by atoms with Crippen molar-refractivity contribution in [3.8, 4) is 0 Å². The van der Waals surface area contributed by atoms with Crippen LogP contribution in [0.1, 0.15) is 0 Å². The molecule has 0 aliphatic carbocycles. The Morgan fingerprint density at radius 2 is 0.733 bits per heavy atom. The van der Waals surface area contributed by atoms with Crippen molar-refractivity contribution in [1.82, 2.24) is 0 Å². The highest BCUT2D eigenvalue weighted by Gasteiger charge is 2.00. The van der Waals surface area contributed by atoms with Crippen LogP contribution in [0.15, 0.2) is 0 Å². The third kappa shape index (κ3) is 25.6. The molecule has 1 unspecified atom stereocenters. The molecular weight excluding hydrogens is 404 g/mol. The predicted octanol–water partition coefficient (Wildman–Crippen LogP) is -0.924. The number of aliphatic hydroxyl groups is 2. The van der Waals surface area contributed by atoms with E-state index in [9.17, 15) is 0 Å². The third-order valence-corrected chi connectivity index (χ3v) is 3.37. The summed E-state index contributed by atoms with van der Waals surface area (Å²) >= 11 is 0. The summed E-state index contributed by atoms with van der Waals surface area (Å²) in [6, 6.07) is 0. The van der Waals surface area contributed by atoms with E-state index in [0.717, 1.165) is 0 Å². The first-order valence-electron chi connectivity index (χ1n) is 10.2. The quantitative estimate of drug-likeness (QED) is 0.127. The lowest BCUT2D eigenvalue weighted by atomic mass is 10.6. The van der Waals surface area contributed by atoms with Gasteiger partial charge in [-0.2, -0.15) is 0 Å². The third-order valence-electron chi connectivity index (χ3n) is 3.37. The van der Waals surface area contributed by atoms with E-state index in [1.807, 2.05) is 0 Å². The van der Waals surface area contributed by atoms with E-state index in [1.54, 1.807) is 0 Å². The number of hydrogen-bond donors (Lipinski definition) is 2. The first-order valence-corrected chi connectivity index (χ1v) is 10.2. The molecule has 0 aliphatic rings. The first-order chi connectivity index (χ1) is 14.8. The van der Waals surface area contributed by atoms with Crippen LogP contribution in [0, 0.1) is 0 Å². The fraction of sp³-hybridized carbons (Fsp3) is 1.00. The molecule has 0 spiro atoms. The topological polar surface area (TPSA) is 124 Å². The minimum Gasteiger partial charge on any atom is -0.394 e. The Labute approximate surface area is 179 Å². The zero-order valence-electron chi connectivity index (χ0n) is 18.2. The van der Waals surface area contributed by atoms with Crippen molar-refractivity contribution >= 4 is 0 Å². The second-order valence-corrected chi connectivity index (χ2v) is 5.78. The van der Waals surface area contributed by atoms with Crippen LogP contribution in [0.25, 0.3) is 0 Å². The molecular formula is C19H40O11. The fourth-order valence-electron chi connectivity index (χ4n) is 1.86. The van der Waals surface area contributed by atoms with Crippen molar-refractivity contribution in [1.29, 1.82) is 0 Å². The van der Waals surface area contributed by atoms with Gasteiger partial charge in [0.1, 0.15) is 0 Å². The van der Waals surface area contributed by atoms with E-state index in [2.05, 4.69) is 4.74 Å². The monoisotopic (exact) mass is 444 g/mol. The van der Waals surface area contributed by atoms with Gasteiger partial charge >= 0.3 is 0 Å². The second-order valence-electron chi connectivity index (χ2n) is 5.78. The smallest absolute Gasteiger partial charge is 0.177 e. The van der Waals surface area contributed by atoms with Crippen molar-refractivity contribution in [2.45, 2.75) is 6.29 Å². The van der Waals surface area contributed by atoms with Gasteiger partial charge in [0.05, 0.1) is 112 Å². The maximum absolute atomic E-state index is 9.09.